The molecule has 1 aromatic rings. The molecule has 2 saturated carbocycles. The maximum absolute atomic E-state index is 13.3. The highest BCUT2D eigenvalue weighted by Gasteiger charge is 2.61. The van der Waals surface area contributed by atoms with E-state index in [-0.39, 0.29) is 28.8 Å². The molecule has 2 aliphatic carbocycles. The van der Waals surface area contributed by atoms with E-state index in [1.165, 1.54) is 12.8 Å². The molecule has 1 N–H and O–H groups in total. The van der Waals surface area contributed by atoms with Crippen molar-refractivity contribution in [2.75, 3.05) is 13.7 Å². The van der Waals surface area contributed by atoms with Crippen LogP contribution in [0.1, 0.15) is 77.7 Å². The molecule has 0 radical (unpaired) electrons. The predicted octanol–water partition coefficient (Wildman–Crippen LogP) is 5.57. The number of nitrogens with zero attached hydrogens (tertiary/aromatic N) is 2. The van der Waals surface area contributed by atoms with Gasteiger partial charge >= 0.3 is 6.03 Å². The molecule has 2 bridgehead atoms. The lowest BCUT2D eigenvalue weighted by Gasteiger charge is -2.39. The molecule has 0 spiro atoms. The molecule has 1 heterocycles. The van der Waals surface area contributed by atoms with Gasteiger partial charge < -0.3 is 10.1 Å². The molecule has 1 aliphatic heterocycles. The first-order valence-corrected chi connectivity index (χ1v) is 11.6. The molecular formula is C25H37N3O2. The van der Waals surface area contributed by atoms with Gasteiger partial charge in [0.15, 0.2) is 0 Å². The van der Waals surface area contributed by atoms with Crippen LogP contribution < -0.4 is 10.1 Å². The predicted molar refractivity (Wildman–Crippen MR) is 121 cm³/mol. The average molecular weight is 412 g/mol. The highest BCUT2D eigenvalue weighted by atomic mass is 16.5. The van der Waals surface area contributed by atoms with Gasteiger partial charge in [-0.2, -0.15) is 5.10 Å². The lowest BCUT2D eigenvalue weighted by molar-refractivity contribution is 0.118. The zero-order valence-corrected chi connectivity index (χ0v) is 19.2. The van der Waals surface area contributed by atoms with Crippen LogP contribution in [0.25, 0.3) is 0 Å². The van der Waals surface area contributed by atoms with Crippen LogP contribution in [0, 0.1) is 16.7 Å². The van der Waals surface area contributed by atoms with Crippen molar-refractivity contribution < 1.29 is 9.53 Å². The molecule has 0 aromatic heterocycles. The molecule has 30 heavy (non-hydrogen) atoms. The van der Waals surface area contributed by atoms with E-state index in [2.05, 4.69) is 39.1 Å². The highest BCUT2D eigenvalue weighted by Crippen LogP contribution is 2.65. The first kappa shape index (κ1) is 21.2. The van der Waals surface area contributed by atoms with Crippen LogP contribution in [-0.4, -0.2) is 36.4 Å². The first-order chi connectivity index (χ1) is 14.3. The van der Waals surface area contributed by atoms with E-state index in [9.17, 15) is 4.79 Å². The Bertz CT molecular complexity index is 833. The molecule has 164 valence electrons. The minimum atomic E-state index is -0.0454. The summed E-state index contributed by atoms with van der Waals surface area (Å²) in [6.45, 7) is 9.90. The number of carbonyl (C=O) groups excluding carboxylic acids is 1. The van der Waals surface area contributed by atoms with E-state index in [1.807, 2.05) is 18.2 Å². The van der Waals surface area contributed by atoms with Crippen LogP contribution in [0.3, 0.4) is 0 Å². The lowest BCUT2D eigenvalue weighted by atomic mass is 9.69. The summed E-state index contributed by atoms with van der Waals surface area (Å²) in [6.07, 6.45) is 6.68. The van der Waals surface area contributed by atoms with Crippen molar-refractivity contribution in [3.05, 3.63) is 29.8 Å². The van der Waals surface area contributed by atoms with Crippen LogP contribution in [0.15, 0.2) is 29.4 Å². The van der Waals surface area contributed by atoms with Gasteiger partial charge in [0.25, 0.3) is 0 Å². The van der Waals surface area contributed by atoms with Gasteiger partial charge in [0.1, 0.15) is 5.75 Å². The van der Waals surface area contributed by atoms with Gasteiger partial charge in [-0.3, -0.25) is 0 Å². The van der Waals surface area contributed by atoms with Crippen molar-refractivity contribution in [1.82, 2.24) is 10.3 Å². The number of hydrogen-bond donors (Lipinski definition) is 1. The van der Waals surface area contributed by atoms with Gasteiger partial charge in [-0.05, 0) is 54.9 Å². The third-order valence-corrected chi connectivity index (χ3v) is 8.63. The van der Waals surface area contributed by atoms with Crippen LogP contribution in [0.2, 0.25) is 0 Å². The van der Waals surface area contributed by atoms with Crippen LogP contribution in [-0.2, 0) is 0 Å². The largest absolute Gasteiger partial charge is 0.496 e. The zero-order chi connectivity index (χ0) is 21.5. The van der Waals surface area contributed by atoms with Crippen LogP contribution in [0.4, 0.5) is 4.79 Å². The third-order valence-electron chi connectivity index (χ3n) is 8.63. The summed E-state index contributed by atoms with van der Waals surface area (Å²) in [7, 11) is 1.71. The SMILES string of the molecule is CCCCC1=NN(C(=O)N[C@H]2C[C@H]3CC[C@]2(C)C3(C)C)CC1c1ccccc1OC. The van der Waals surface area contributed by atoms with E-state index >= 15 is 0 Å². The number of fused-ring (bicyclic) bond motifs is 2. The van der Waals surface area contributed by atoms with E-state index < -0.39 is 0 Å². The maximum atomic E-state index is 13.3. The monoisotopic (exact) mass is 411 g/mol. The molecule has 2 amide bonds. The Morgan fingerprint density at radius 3 is 2.70 bits per heavy atom. The minimum absolute atomic E-state index is 0.0454. The number of benzene rings is 1. The topological polar surface area (TPSA) is 53.9 Å². The number of urea groups is 1. The number of rotatable bonds is 6. The number of amides is 2. The highest BCUT2D eigenvalue weighted by molar-refractivity contribution is 5.95. The Morgan fingerprint density at radius 2 is 2.07 bits per heavy atom. The lowest BCUT2D eigenvalue weighted by Crippen LogP contribution is -2.50. The van der Waals surface area contributed by atoms with E-state index in [1.54, 1.807) is 12.1 Å². The second-order valence-electron chi connectivity index (χ2n) is 10.2. The zero-order valence-electron chi connectivity index (χ0n) is 19.2. The molecule has 4 atom stereocenters. The standard InChI is InChI=1S/C25H37N3O2/c1-6-7-11-20-19(18-10-8-9-12-21(18)30-5)16-28(27-20)23(29)26-22-15-17-13-14-25(22,4)24(17,2)3/h8-10,12,17,19,22H,6-7,11,13-16H2,1-5H3,(H,26,29)/t17-,19?,22+,25+/m1/s1. The Labute approximate surface area is 181 Å². The quantitative estimate of drug-likeness (QED) is 0.666. The van der Waals surface area contributed by atoms with Gasteiger partial charge in [-0.25, -0.2) is 9.80 Å². The summed E-state index contributed by atoms with van der Waals surface area (Å²) in [4.78, 5) is 13.3. The number of carbonyl (C=O) groups is 1. The van der Waals surface area contributed by atoms with Crippen molar-refractivity contribution in [3.8, 4) is 5.75 Å². The summed E-state index contributed by atoms with van der Waals surface area (Å²) in [5, 5.41) is 9.85. The summed E-state index contributed by atoms with van der Waals surface area (Å²) in [5.74, 6) is 1.68. The molecule has 3 aliphatic rings. The molecule has 0 saturated heterocycles. The second-order valence-corrected chi connectivity index (χ2v) is 10.2. The number of ether oxygens (including phenoxy) is 1. The summed E-state index contributed by atoms with van der Waals surface area (Å²) in [6, 6.07) is 8.31. The van der Waals surface area contributed by atoms with Crippen molar-refractivity contribution >= 4 is 11.7 Å². The molecule has 5 nitrogen and oxygen atoms in total. The molecule has 1 aromatic carbocycles. The second kappa shape index (κ2) is 7.90. The Balaban J connectivity index is 1.52. The van der Waals surface area contributed by atoms with Crippen LogP contribution in [0.5, 0.6) is 5.75 Å². The fourth-order valence-corrected chi connectivity index (χ4v) is 6.13. The van der Waals surface area contributed by atoms with Gasteiger partial charge in [-0.15, -0.1) is 0 Å². The van der Waals surface area contributed by atoms with Crippen molar-refractivity contribution in [2.24, 2.45) is 21.8 Å². The number of methoxy groups -OCH3 is 1. The minimum Gasteiger partial charge on any atom is -0.496 e. The van der Waals surface area contributed by atoms with Gasteiger partial charge in [0.05, 0.1) is 13.7 Å². The summed E-state index contributed by atoms with van der Waals surface area (Å²) < 4.78 is 5.61. The molecule has 1 unspecified atom stereocenters. The Morgan fingerprint density at radius 1 is 1.30 bits per heavy atom. The normalized spacial score (nSPS) is 31.7. The van der Waals surface area contributed by atoms with Crippen LogP contribution >= 0.6 is 0 Å². The number of hydrazone groups is 1. The van der Waals surface area contributed by atoms with Crippen molar-refractivity contribution in [1.29, 1.82) is 0 Å². The maximum Gasteiger partial charge on any atom is 0.338 e. The first-order valence-electron chi connectivity index (χ1n) is 11.6. The molecule has 5 heteroatoms. The fourth-order valence-electron chi connectivity index (χ4n) is 6.13. The molecular weight excluding hydrogens is 374 g/mol. The van der Waals surface area contributed by atoms with Crippen molar-refractivity contribution in [2.45, 2.75) is 78.2 Å². The van der Waals surface area contributed by atoms with Gasteiger partial charge in [0, 0.05) is 23.2 Å². The third kappa shape index (κ3) is 3.30. The van der Waals surface area contributed by atoms with Gasteiger partial charge in [-0.1, -0.05) is 52.3 Å². The smallest absolute Gasteiger partial charge is 0.338 e. The number of para-hydroxylation sites is 1. The molecule has 2 fully saturated rings. The Hall–Kier alpha value is -2.04. The van der Waals surface area contributed by atoms with E-state index in [0.717, 1.165) is 42.7 Å². The number of hydrogen-bond acceptors (Lipinski definition) is 3. The average Bonchev–Trinajstić information content (AvgIpc) is 3.31. The van der Waals surface area contributed by atoms with Gasteiger partial charge in [0.2, 0.25) is 0 Å². The summed E-state index contributed by atoms with van der Waals surface area (Å²) in [5.41, 5.74) is 2.67. The van der Waals surface area contributed by atoms with Crippen molar-refractivity contribution in [3.63, 3.8) is 0 Å². The van der Waals surface area contributed by atoms with E-state index in [0.29, 0.717) is 12.5 Å². The summed E-state index contributed by atoms with van der Waals surface area (Å²) >= 11 is 0. The van der Waals surface area contributed by atoms with E-state index in [4.69, 9.17) is 9.84 Å². The number of unbranched alkanes of at least 4 members (excludes halogenated alkanes) is 1. The Kier molecular flexibility index (Phi) is 5.58. The molecule has 4 rings (SSSR count). The number of nitrogens with one attached hydrogen (secondary N) is 1. The fraction of sp³-hybridized carbons (Fsp3) is 0.680.